The van der Waals surface area contributed by atoms with Crippen molar-refractivity contribution in [3.8, 4) is 11.3 Å². The van der Waals surface area contributed by atoms with E-state index in [0.29, 0.717) is 16.5 Å². The molecule has 27 heavy (non-hydrogen) atoms. The van der Waals surface area contributed by atoms with Crippen LogP contribution in [0.4, 0.5) is 5.13 Å². The molecule has 0 spiro atoms. The number of anilines is 1. The summed E-state index contributed by atoms with van der Waals surface area (Å²) in [5.74, 6) is -0.658. The lowest BCUT2D eigenvalue weighted by Gasteiger charge is -2.02. The van der Waals surface area contributed by atoms with Crippen molar-refractivity contribution in [1.82, 2.24) is 15.0 Å². The van der Waals surface area contributed by atoms with E-state index in [1.807, 2.05) is 36.6 Å². The molecule has 0 saturated carbocycles. The van der Waals surface area contributed by atoms with Crippen LogP contribution in [0.15, 0.2) is 41.9 Å². The Morgan fingerprint density at radius 1 is 1.30 bits per heavy atom. The molecule has 5 N–H and O–H groups in total. The standard InChI is InChI=1S/C19H17N5O2S/c1-10-13(12-4-2-3-5-14(12)22-10)7-17(25)24-19-23-16(9-27-19)11-6-15(18(20)26)21-8-11/h2-6,8-9,21-22H,7H2,1H3,(H2,20,26)(H,23,24,25). The van der Waals surface area contributed by atoms with E-state index in [2.05, 4.69) is 20.3 Å². The first-order valence-corrected chi connectivity index (χ1v) is 9.19. The Morgan fingerprint density at radius 3 is 2.89 bits per heavy atom. The Bertz CT molecular complexity index is 1150. The van der Waals surface area contributed by atoms with Crippen LogP contribution in [0.3, 0.4) is 0 Å². The van der Waals surface area contributed by atoms with Gasteiger partial charge in [-0.3, -0.25) is 9.59 Å². The number of aromatic nitrogens is 3. The van der Waals surface area contributed by atoms with Crippen molar-refractivity contribution in [2.24, 2.45) is 5.73 Å². The van der Waals surface area contributed by atoms with Crippen LogP contribution >= 0.6 is 11.3 Å². The number of primary amides is 1. The summed E-state index contributed by atoms with van der Waals surface area (Å²) in [6.45, 7) is 1.96. The molecule has 4 rings (SSSR count). The molecule has 0 saturated heterocycles. The van der Waals surface area contributed by atoms with Crippen LogP contribution in [-0.4, -0.2) is 26.8 Å². The van der Waals surface area contributed by atoms with Gasteiger partial charge < -0.3 is 21.0 Å². The second-order valence-corrected chi connectivity index (χ2v) is 7.06. The van der Waals surface area contributed by atoms with Gasteiger partial charge in [0.2, 0.25) is 5.91 Å². The molecule has 7 nitrogen and oxygen atoms in total. The van der Waals surface area contributed by atoms with E-state index in [4.69, 9.17) is 5.73 Å². The fourth-order valence-electron chi connectivity index (χ4n) is 3.03. The highest BCUT2D eigenvalue weighted by Gasteiger charge is 2.14. The van der Waals surface area contributed by atoms with E-state index in [9.17, 15) is 9.59 Å². The molecule has 8 heteroatoms. The number of benzene rings is 1. The average molecular weight is 379 g/mol. The van der Waals surface area contributed by atoms with Crippen LogP contribution in [0.5, 0.6) is 0 Å². The summed E-state index contributed by atoms with van der Waals surface area (Å²) in [6, 6.07) is 9.56. The van der Waals surface area contributed by atoms with Gasteiger partial charge in [0.05, 0.1) is 12.1 Å². The summed E-state index contributed by atoms with van der Waals surface area (Å²) in [5.41, 5.74) is 9.96. The van der Waals surface area contributed by atoms with E-state index >= 15 is 0 Å². The second kappa shape index (κ2) is 6.73. The molecule has 3 heterocycles. The maximum atomic E-state index is 12.5. The van der Waals surface area contributed by atoms with E-state index in [1.165, 1.54) is 11.3 Å². The van der Waals surface area contributed by atoms with Crippen LogP contribution < -0.4 is 11.1 Å². The minimum Gasteiger partial charge on any atom is -0.364 e. The van der Waals surface area contributed by atoms with Crippen molar-refractivity contribution in [2.75, 3.05) is 5.32 Å². The van der Waals surface area contributed by atoms with Crippen molar-refractivity contribution in [2.45, 2.75) is 13.3 Å². The zero-order valence-corrected chi connectivity index (χ0v) is 15.3. The topological polar surface area (TPSA) is 117 Å². The molecule has 136 valence electrons. The Balaban J connectivity index is 1.49. The van der Waals surface area contributed by atoms with Crippen molar-refractivity contribution in [1.29, 1.82) is 0 Å². The SMILES string of the molecule is Cc1[nH]c2ccccc2c1CC(=O)Nc1nc(-c2c[nH]c(C(N)=O)c2)cs1. The first-order valence-electron chi connectivity index (χ1n) is 8.31. The normalized spacial score (nSPS) is 11.0. The van der Waals surface area contributed by atoms with Crippen LogP contribution in [0.2, 0.25) is 0 Å². The molecule has 0 aliphatic rings. The van der Waals surface area contributed by atoms with E-state index in [-0.39, 0.29) is 12.3 Å². The summed E-state index contributed by atoms with van der Waals surface area (Å²) in [7, 11) is 0. The summed E-state index contributed by atoms with van der Waals surface area (Å²) in [6.07, 6.45) is 1.93. The van der Waals surface area contributed by atoms with Gasteiger partial charge in [0.15, 0.2) is 5.13 Å². The minimum atomic E-state index is -0.529. The first-order chi connectivity index (χ1) is 13.0. The molecule has 4 aromatic rings. The van der Waals surface area contributed by atoms with Gasteiger partial charge >= 0.3 is 0 Å². The van der Waals surface area contributed by atoms with Gasteiger partial charge in [-0.25, -0.2) is 4.98 Å². The van der Waals surface area contributed by atoms with E-state index in [1.54, 1.807) is 12.3 Å². The first kappa shape index (κ1) is 17.0. The molecule has 0 atom stereocenters. The fraction of sp³-hybridized carbons (Fsp3) is 0.105. The monoisotopic (exact) mass is 379 g/mol. The highest BCUT2D eigenvalue weighted by atomic mass is 32.1. The number of thiazole rings is 1. The molecule has 0 bridgehead atoms. The lowest BCUT2D eigenvalue weighted by atomic mass is 10.1. The molecular formula is C19H17N5O2S. The molecule has 1 aromatic carbocycles. The molecule has 3 aromatic heterocycles. The van der Waals surface area contributed by atoms with Crippen LogP contribution in [0.25, 0.3) is 22.2 Å². The van der Waals surface area contributed by atoms with E-state index in [0.717, 1.165) is 27.7 Å². The number of hydrogen-bond donors (Lipinski definition) is 4. The number of hydrogen-bond acceptors (Lipinski definition) is 4. The fourth-order valence-corrected chi connectivity index (χ4v) is 3.77. The maximum Gasteiger partial charge on any atom is 0.265 e. The summed E-state index contributed by atoms with van der Waals surface area (Å²) < 4.78 is 0. The largest absolute Gasteiger partial charge is 0.364 e. The minimum absolute atomic E-state index is 0.129. The van der Waals surface area contributed by atoms with Gasteiger partial charge in [0.1, 0.15) is 5.69 Å². The Morgan fingerprint density at radius 2 is 2.11 bits per heavy atom. The number of carbonyl (C=O) groups is 2. The second-order valence-electron chi connectivity index (χ2n) is 6.20. The summed E-state index contributed by atoms with van der Waals surface area (Å²) in [5, 5.41) is 6.23. The van der Waals surface area contributed by atoms with Gasteiger partial charge in [-0.15, -0.1) is 11.3 Å². The van der Waals surface area contributed by atoms with Gasteiger partial charge in [0, 0.05) is 33.7 Å². The quantitative estimate of drug-likeness (QED) is 0.426. The van der Waals surface area contributed by atoms with Crippen molar-refractivity contribution in [3.05, 3.63) is 58.9 Å². The number of amides is 2. The van der Waals surface area contributed by atoms with E-state index < -0.39 is 5.91 Å². The lowest BCUT2D eigenvalue weighted by Crippen LogP contribution is -2.14. The highest BCUT2D eigenvalue weighted by Crippen LogP contribution is 2.26. The van der Waals surface area contributed by atoms with Crippen LogP contribution in [0.1, 0.15) is 21.7 Å². The number of nitrogens with two attached hydrogens (primary N) is 1. The number of carbonyl (C=O) groups excluding carboxylic acids is 2. The molecule has 2 amide bonds. The number of nitrogens with one attached hydrogen (secondary N) is 3. The summed E-state index contributed by atoms with van der Waals surface area (Å²) >= 11 is 1.33. The zero-order valence-electron chi connectivity index (χ0n) is 14.5. The number of para-hydroxylation sites is 1. The number of rotatable bonds is 5. The third kappa shape index (κ3) is 3.34. The lowest BCUT2D eigenvalue weighted by molar-refractivity contribution is -0.115. The highest BCUT2D eigenvalue weighted by molar-refractivity contribution is 7.14. The molecule has 0 aliphatic carbocycles. The van der Waals surface area contributed by atoms with Crippen LogP contribution in [0, 0.1) is 6.92 Å². The predicted octanol–water partition coefficient (Wildman–Crippen LogP) is 3.21. The van der Waals surface area contributed by atoms with Gasteiger partial charge in [0.25, 0.3) is 5.91 Å². The van der Waals surface area contributed by atoms with Gasteiger partial charge in [-0.2, -0.15) is 0 Å². The Kier molecular flexibility index (Phi) is 4.25. The molecule has 0 unspecified atom stereocenters. The molecular weight excluding hydrogens is 362 g/mol. The number of fused-ring (bicyclic) bond motifs is 1. The van der Waals surface area contributed by atoms with Crippen molar-refractivity contribution < 1.29 is 9.59 Å². The Labute approximate surface area is 158 Å². The number of aryl methyl sites for hydroxylation is 1. The smallest absolute Gasteiger partial charge is 0.265 e. The van der Waals surface area contributed by atoms with Crippen molar-refractivity contribution >= 4 is 39.2 Å². The maximum absolute atomic E-state index is 12.5. The molecule has 0 aliphatic heterocycles. The number of aromatic amines is 2. The third-order valence-corrected chi connectivity index (χ3v) is 5.12. The van der Waals surface area contributed by atoms with Crippen molar-refractivity contribution in [3.63, 3.8) is 0 Å². The summed E-state index contributed by atoms with van der Waals surface area (Å²) in [4.78, 5) is 34.2. The zero-order chi connectivity index (χ0) is 19.0. The third-order valence-electron chi connectivity index (χ3n) is 4.36. The van der Waals surface area contributed by atoms with Gasteiger partial charge in [-0.1, -0.05) is 18.2 Å². The average Bonchev–Trinajstić information content (AvgIpc) is 3.34. The predicted molar refractivity (Wildman–Crippen MR) is 106 cm³/mol. The molecule has 0 fully saturated rings. The van der Waals surface area contributed by atoms with Crippen LogP contribution in [-0.2, 0) is 11.2 Å². The van der Waals surface area contributed by atoms with Gasteiger partial charge in [-0.05, 0) is 24.6 Å². The Hall–Kier alpha value is -3.39. The number of H-pyrrole nitrogens is 2. The molecule has 0 radical (unpaired) electrons. The number of nitrogens with zero attached hydrogens (tertiary/aromatic N) is 1.